The Kier molecular flexibility index (Phi) is 4.73. The Balaban J connectivity index is 1.59. The Morgan fingerprint density at radius 1 is 1.33 bits per heavy atom. The van der Waals surface area contributed by atoms with Crippen LogP contribution in [0, 0.1) is 6.92 Å². The topological polar surface area (TPSA) is 56.9 Å². The average molecular weight is 328 g/mol. The van der Waals surface area contributed by atoms with Crippen LogP contribution in [0.5, 0.6) is 0 Å². The number of hydrogen-bond donors (Lipinski definition) is 1. The van der Waals surface area contributed by atoms with E-state index >= 15 is 0 Å². The molecule has 1 aliphatic heterocycles. The van der Waals surface area contributed by atoms with Gasteiger partial charge in [-0.25, -0.2) is 0 Å². The third-order valence-electron chi connectivity index (χ3n) is 4.63. The van der Waals surface area contributed by atoms with Crippen molar-refractivity contribution in [1.82, 2.24) is 9.80 Å². The number of likely N-dealkylation sites (tertiary alicyclic amines) is 1. The Morgan fingerprint density at radius 2 is 2.08 bits per heavy atom. The molecule has 0 aliphatic carbocycles. The number of benzene rings is 1. The Bertz CT molecular complexity index is 698. The van der Waals surface area contributed by atoms with Crippen LogP contribution in [-0.4, -0.2) is 53.1 Å². The minimum absolute atomic E-state index is 0.115. The van der Waals surface area contributed by atoms with Crippen LogP contribution in [0.15, 0.2) is 47.1 Å². The summed E-state index contributed by atoms with van der Waals surface area (Å²) in [6.45, 7) is 4.32. The SMILES string of the molecule is Cc1occc1C(=O)N(C)C[C@@]1(O)CCN(Cc2ccccc2)C1. The molecule has 1 atom stereocenters. The quantitative estimate of drug-likeness (QED) is 0.915. The predicted molar refractivity (Wildman–Crippen MR) is 91.7 cm³/mol. The molecule has 3 rings (SSSR count). The number of aryl methyl sites for hydroxylation is 1. The van der Waals surface area contributed by atoms with Crippen molar-refractivity contribution < 1.29 is 14.3 Å². The van der Waals surface area contributed by atoms with E-state index in [1.807, 2.05) is 18.2 Å². The first kappa shape index (κ1) is 16.7. The highest BCUT2D eigenvalue weighted by atomic mass is 16.3. The zero-order chi connectivity index (χ0) is 17.2. The molecule has 24 heavy (non-hydrogen) atoms. The van der Waals surface area contributed by atoms with Crippen molar-refractivity contribution >= 4 is 5.91 Å². The highest BCUT2D eigenvalue weighted by Crippen LogP contribution is 2.24. The fourth-order valence-electron chi connectivity index (χ4n) is 3.37. The first-order valence-electron chi connectivity index (χ1n) is 8.25. The van der Waals surface area contributed by atoms with Crippen LogP contribution in [0.2, 0.25) is 0 Å². The summed E-state index contributed by atoms with van der Waals surface area (Å²) in [5.41, 5.74) is 0.928. The molecule has 1 aromatic heterocycles. The normalized spacial score (nSPS) is 21.1. The molecule has 128 valence electrons. The maximum atomic E-state index is 12.5. The van der Waals surface area contributed by atoms with Gasteiger partial charge in [0.2, 0.25) is 0 Å². The number of nitrogens with zero attached hydrogens (tertiary/aromatic N) is 2. The Hall–Kier alpha value is -2.11. The number of carbonyl (C=O) groups is 1. The molecule has 1 amide bonds. The molecule has 0 radical (unpaired) electrons. The summed E-state index contributed by atoms with van der Waals surface area (Å²) in [7, 11) is 1.73. The van der Waals surface area contributed by atoms with E-state index in [9.17, 15) is 9.90 Å². The summed E-state index contributed by atoms with van der Waals surface area (Å²) in [5.74, 6) is 0.493. The first-order chi connectivity index (χ1) is 11.5. The number of β-amino-alcohol motifs (C(OH)–C–C–N with tert-alkyl or cyclic N) is 1. The largest absolute Gasteiger partial charge is 0.469 e. The molecule has 0 saturated carbocycles. The van der Waals surface area contributed by atoms with E-state index in [2.05, 4.69) is 17.0 Å². The summed E-state index contributed by atoms with van der Waals surface area (Å²) in [5, 5.41) is 10.9. The molecule has 1 N–H and O–H groups in total. The van der Waals surface area contributed by atoms with E-state index in [-0.39, 0.29) is 5.91 Å². The van der Waals surface area contributed by atoms with E-state index in [0.717, 1.165) is 13.1 Å². The number of amides is 1. The van der Waals surface area contributed by atoms with Crippen molar-refractivity contribution in [3.05, 3.63) is 59.5 Å². The van der Waals surface area contributed by atoms with Crippen LogP contribution in [-0.2, 0) is 6.54 Å². The number of aliphatic hydroxyl groups is 1. The molecular weight excluding hydrogens is 304 g/mol. The molecule has 0 spiro atoms. The molecule has 0 bridgehead atoms. The summed E-state index contributed by atoms with van der Waals surface area (Å²) in [6, 6.07) is 11.9. The van der Waals surface area contributed by atoms with Gasteiger partial charge in [0.15, 0.2) is 0 Å². The van der Waals surface area contributed by atoms with Gasteiger partial charge < -0.3 is 14.4 Å². The molecule has 1 fully saturated rings. The van der Waals surface area contributed by atoms with E-state index in [1.165, 1.54) is 11.8 Å². The van der Waals surface area contributed by atoms with Gasteiger partial charge in [0.25, 0.3) is 5.91 Å². The summed E-state index contributed by atoms with van der Waals surface area (Å²) < 4.78 is 5.20. The molecule has 2 aromatic rings. The van der Waals surface area contributed by atoms with Crippen LogP contribution in [0.4, 0.5) is 0 Å². The van der Waals surface area contributed by atoms with Gasteiger partial charge in [-0.15, -0.1) is 0 Å². The fraction of sp³-hybridized carbons (Fsp3) is 0.421. The van der Waals surface area contributed by atoms with Crippen molar-refractivity contribution in [2.24, 2.45) is 0 Å². The average Bonchev–Trinajstić information content (AvgIpc) is 3.13. The van der Waals surface area contributed by atoms with E-state index < -0.39 is 5.60 Å². The molecule has 5 heteroatoms. The fourth-order valence-corrected chi connectivity index (χ4v) is 3.37. The Labute approximate surface area is 142 Å². The van der Waals surface area contributed by atoms with Gasteiger partial charge in [0.1, 0.15) is 5.76 Å². The number of furan rings is 1. The number of hydrogen-bond acceptors (Lipinski definition) is 4. The van der Waals surface area contributed by atoms with Gasteiger partial charge in [-0.1, -0.05) is 30.3 Å². The van der Waals surface area contributed by atoms with Gasteiger partial charge in [0, 0.05) is 26.7 Å². The molecule has 1 saturated heterocycles. The van der Waals surface area contributed by atoms with Crippen molar-refractivity contribution in [2.45, 2.75) is 25.5 Å². The Morgan fingerprint density at radius 3 is 2.75 bits per heavy atom. The third-order valence-corrected chi connectivity index (χ3v) is 4.63. The highest BCUT2D eigenvalue weighted by molar-refractivity contribution is 5.94. The molecule has 1 aliphatic rings. The van der Waals surface area contributed by atoms with Crippen LogP contribution >= 0.6 is 0 Å². The van der Waals surface area contributed by atoms with Crippen molar-refractivity contribution in [3.63, 3.8) is 0 Å². The second-order valence-corrected chi connectivity index (χ2v) is 6.72. The molecule has 5 nitrogen and oxygen atoms in total. The highest BCUT2D eigenvalue weighted by Gasteiger charge is 2.38. The number of carbonyl (C=O) groups excluding carboxylic acids is 1. The lowest BCUT2D eigenvalue weighted by Gasteiger charge is -2.29. The maximum Gasteiger partial charge on any atom is 0.257 e. The van der Waals surface area contributed by atoms with Crippen LogP contribution in [0.1, 0.15) is 28.1 Å². The number of rotatable bonds is 5. The van der Waals surface area contributed by atoms with Gasteiger partial charge >= 0.3 is 0 Å². The maximum absolute atomic E-state index is 12.5. The zero-order valence-electron chi connectivity index (χ0n) is 14.2. The smallest absolute Gasteiger partial charge is 0.257 e. The van der Waals surface area contributed by atoms with E-state index in [0.29, 0.717) is 30.8 Å². The minimum Gasteiger partial charge on any atom is -0.469 e. The standard InChI is InChI=1S/C19H24N2O3/c1-15-17(8-11-24-15)18(22)20(2)13-19(23)9-10-21(14-19)12-16-6-4-3-5-7-16/h3-8,11,23H,9-10,12-14H2,1-2H3/t19-/m0/s1. The van der Waals surface area contributed by atoms with Gasteiger partial charge in [-0.05, 0) is 25.0 Å². The lowest BCUT2D eigenvalue weighted by atomic mass is 10.0. The summed E-state index contributed by atoms with van der Waals surface area (Å²) >= 11 is 0. The van der Waals surface area contributed by atoms with Crippen molar-refractivity contribution in [3.8, 4) is 0 Å². The molecule has 0 unspecified atom stereocenters. The number of likely N-dealkylation sites (N-methyl/N-ethyl adjacent to an activating group) is 1. The molecular formula is C19H24N2O3. The van der Waals surface area contributed by atoms with Gasteiger partial charge in [0.05, 0.1) is 24.0 Å². The summed E-state index contributed by atoms with van der Waals surface area (Å²) in [4.78, 5) is 16.3. The zero-order valence-corrected chi connectivity index (χ0v) is 14.2. The third kappa shape index (κ3) is 3.68. The van der Waals surface area contributed by atoms with Gasteiger partial charge in [-0.2, -0.15) is 0 Å². The van der Waals surface area contributed by atoms with E-state index in [4.69, 9.17) is 4.42 Å². The summed E-state index contributed by atoms with van der Waals surface area (Å²) in [6.07, 6.45) is 2.18. The monoisotopic (exact) mass is 328 g/mol. The van der Waals surface area contributed by atoms with Crippen molar-refractivity contribution in [2.75, 3.05) is 26.7 Å². The molecule has 1 aromatic carbocycles. The van der Waals surface area contributed by atoms with Gasteiger partial charge in [-0.3, -0.25) is 9.69 Å². The second-order valence-electron chi connectivity index (χ2n) is 6.72. The minimum atomic E-state index is -0.864. The second kappa shape index (κ2) is 6.79. The molecule has 2 heterocycles. The first-order valence-corrected chi connectivity index (χ1v) is 8.25. The van der Waals surface area contributed by atoms with Crippen LogP contribution in [0.25, 0.3) is 0 Å². The lowest BCUT2D eigenvalue weighted by molar-refractivity contribution is 0.0169. The predicted octanol–water partition coefficient (Wildman–Crippen LogP) is 2.30. The van der Waals surface area contributed by atoms with E-state index in [1.54, 1.807) is 24.9 Å². The van der Waals surface area contributed by atoms with Crippen molar-refractivity contribution in [1.29, 1.82) is 0 Å². The van der Waals surface area contributed by atoms with Crippen LogP contribution < -0.4 is 0 Å². The lowest BCUT2D eigenvalue weighted by Crippen LogP contribution is -2.45. The van der Waals surface area contributed by atoms with Crippen LogP contribution in [0.3, 0.4) is 0 Å².